The number of aryl methyl sites for hydroxylation is 1. The average Bonchev–Trinajstić information content (AvgIpc) is 2.37. The van der Waals surface area contributed by atoms with Crippen LogP contribution in [0.3, 0.4) is 0 Å². The molecule has 0 spiro atoms. The molecule has 0 amide bonds. The van der Waals surface area contributed by atoms with Crippen molar-refractivity contribution in [3.05, 3.63) is 23.4 Å². The van der Waals surface area contributed by atoms with E-state index in [0.717, 1.165) is 18.5 Å². The molecule has 0 saturated heterocycles. The first-order chi connectivity index (χ1) is 9.10. The Bertz CT molecular complexity index is 389. The summed E-state index contributed by atoms with van der Waals surface area (Å²) in [6.07, 6.45) is -0.890. The minimum atomic E-state index is -2.50. The maximum absolute atomic E-state index is 12.5. The number of alkyl halides is 2. The molecular formula is C13H20F2N2O2. The second-order valence-electron chi connectivity index (χ2n) is 4.29. The predicted octanol–water partition coefficient (Wildman–Crippen LogP) is 1.59. The number of pyridine rings is 1. The third kappa shape index (κ3) is 5.08. The highest BCUT2D eigenvalue weighted by Gasteiger charge is 2.15. The third-order valence-corrected chi connectivity index (χ3v) is 2.67. The van der Waals surface area contributed by atoms with Gasteiger partial charge in [-0.2, -0.15) is 0 Å². The number of aliphatic hydroxyl groups excluding tert-OH is 2. The summed E-state index contributed by atoms with van der Waals surface area (Å²) in [6.45, 7) is 1.23. The van der Waals surface area contributed by atoms with E-state index in [-0.39, 0.29) is 19.8 Å². The van der Waals surface area contributed by atoms with Gasteiger partial charge in [0, 0.05) is 12.2 Å². The molecule has 6 heteroatoms. The van der Waals surface area contributed by atoms with Crippen molar-refractivity contribution in [2.45, 2.75) is 32.8 Å². The van der Waals surface area contributed by atoms with Crippen LogP contribution in [0.1, 0.15) is 24.6 Å². The van der Waals surface area contributed by atoms with Crippen molar-refractivity contribution in [3.8, 4) is 0 Å². The van der Waals surface area contributed by atoms with Gasteiger partial charge < -0.3 is 15.1 Å². The van der Waals surface area contributed by atoms with Crippen LogP contribution in [0.4, 0.5) is 14.6 Å². The van der Waals surface area contributed by atoms with Crippen molar-refractivity contribution >= 4 is 5.82 Å². The van der Waals surface area contributed by atoms with Gasteiger partial charge in [-0.15, -0.1) is 0 Å². The topological polar surface area (TPSA) is 56.6 Å². The van der Waals surface area contributed by atoms with E-state index in [0.29, 0.717) is 11.4 Å². The number of rotatable bonds is 8. The molecule has 0 atom stereocenters. The van der Waals surface area contributed by atoms with E-state index in [2.05, 4.69) is 4.98 Å². The molecule has 0 aliphatic heterocycles. The Hall–Kier alpha value is -1.27. The fourth-order valence-corrected chi connectivity index (χ4v) is 1.86. The quantitative estimate of drug-likeness (QED) is 0.756. The summed E-state index contributed by atoms with van der Waals surface area (Å²) in [7, 11) is 0. The molecule has 0 radical (unpaired) electrons. The molecule has 0 bridgehead atoms. The van der Waals surface area contributed by atoms with Crippen LogP contribution in [-0.2, 0) is 13.0 Å². The van der Waals surface area contributed by atoms with Crippen LogP contribution in [0, 0.1) is 0 Å². The fourth-order valence-electron chi connectivity index (χ4n) is 1.86. The standard InChI is InChI=1S/C13H20F2N2O2/c1-2-3-11-6-10(9-19)7-13(16-11)17(4-5-18)8-12(14)15/h6-7,12,18-19H,2-5,8-9H2,1H3. The molecule has 1 heterocycles. The molecule has 1 aromatic rings. The van der Waals surface area contributed by atoms with E-state index in [1.165, 1.54) is 4.90 Å². The van der Waals surface area contributed by atoms with E-state index in [1.54, 1.807) is 12.1 Å². The van der Waals surface area contributed by atoms with Crippen LogP contribution in [0.2, 0.25) is 0 Å². The Balaban J connectivity index is 3.02. The van der Waals surface area contributed by atoms with Crippen LogP contribution >= 0.6 is 0 Å². The summed E-state index contributed by atoms with van der Waals surface area (Å²) in [6, 6.07) is 3.35. The fraction of sp³-hybridized carbons (Fsp3) is 0.615. The van der Waals surface area contributed by atoms with Crippen molar-refractivity contribution in [2.75, 3.05) is 24.6 Å². The molecule has 0 aromatic carbocycles. The van der Waals surface area contributed by atoms with Gasteiger partial charge in [-0.25, -0.2) is 13.8 Å². The van der Waals surface area contributed by atoms with Crippen molar-refractivity contribution < 1.29 is 19.0 Å². The van der Waals surface area contributed by atoms with E-state index in [4.69, 9.17) is 5.11 Å². The molecule has 0 unspecified atom stereocenters. The van der Waals surface area contributed by atoms with Crippen LogP contribution in [0.25, 0.3) is 0 Å². The van der Waals surface area contributed by atoms with E-state index in [9.17, 15) is 13.9 Å². The molecule has 19 heavy (non-hydrogen) atoms. The number of aromatic nitrogens is 1. The van der Waals surface area contributed by atoms with Crippen LogP contribution in [0.5, 0.6) is 0 Å². The summed E-state index contributed by atoms with van der Waals surface area (Å²) in [5, 5.41) is 18.2. The Morgan fingerprint density at radius 1 is 1.32 bits per heavy atom. The Kier molecular flexibility index (Phi) is 6.66. The van der Waals surface area contributed by atoms with Gasteiger partial charge in [0.15, 0.2) is 0 Å². The van der Waals surface area contributed by atoms with Gasteiger partial charge in [0.2, 0.25) is 0 Å². The van der Waals surface area contributed by atoms with Gasteiger partial charge in [0.25, 0.3) is 6.43 Å². The molecule has 108 valence electrons. The number of aliphatic hydroxyl groups is 2. The molecule has 0 fully saturated rings. The predicted molar refractivity (Wildman–Crippen MR) is 69.5 cm³/mol. The second kappa shape index (κ2) is 8.01. The lowest BCUT2D eigenvalue weighted by Crippen LogP contribution is -2.32. The molecule has 0 aliphatic carbocycles. The normalized spacial score (nSPS) is 11.1. The lowest BCUT2D eigenvalue weighted by Gasteiger charge is -2.23. The number of hydrogen-bond donors (Lipinski definition) is 2. The van der Waals surface area contributed by atoms with E-state index >= 15 is 0 Å². The maximum atomic E-state index is 12.5. The van der Waals surface area contributed by atoms with Crippen LogP contribution in [-0.4, -0.2) is 41.3 Å². The van der Waals surface area contributed by atoms with Crippen molar-refractivity contribution in [2.24, 2.45) is 0 Å². The van der Waals surface area contributed by atoms with E-state index < -0.39 is 13.0 Å². The molecule has 4 nitrogen and oxygen atoms in total. The molecule has 2 N–H and O–H groups in total. The minimum absolute atomic E-state index is 0.0950. The zero-order valence-electron chi connectivity index (χ0n) is 11.0. The number of halogens is 2. The second-order valence-corrected chi connectivity index (χ2v) is 4.29. The number of anilines is 1. The maximum Gasteiger partial charge on any atom is 0.255 e. The summed E-state index contributed by atoms with van der Waals surface area (Å²) in [5.41, 5.74) is 1.41. The van der Waals surface area contributed by atoms with Crippen molar-refractivity contribution in [3.63, 3.8) is 0 Å². The zero-order valence-corrected chi connectivity index (χ0v) is 11.0. The lowest BCUT2D eigenvalue weighted by molar-refractivity contribution is 0.152. The molecule has 1 rings (SSSR count). The van der Waals surface area contributed by atoms with Gasteiger partial charge in [-0.05, 0) is 24.1 Å². The summed E-state index contributed by atoms with van der Waals surface area (Å²) in [5.74, 6) is 0.379. The highest BCUT2D eigenvalue weighted by molar-refractivity contribution is 5.43. The monoisotopic (exact) mass is 274 g/mol. The first-order valence-electron chi connectivity index (χ1n) is 6.35. The Labute approximate surface area is 111 Å². The molecule has 0 saturated carbocycles. The van der Waals surface area contributed by atoms with E-state index in [1.807, 2.05) is 6.92 Å². The first kappa shape index (κ1) is 15.8. The van der Waals surface area contributed by atoms with Crippen LogP contribution < -0.4 is 4.90 Å². The average molecular weight is 274 g/mol. The van der Waals surface area contributed by atoms with Crippen molar-refractivity contribution in [1.29, 1.82) is 0 Å². The molecular weight excluding hydrogens is 254 g/mol. The minimum Gasteiger partial charge on any atom is -0.395 e. The first-order valence-corrected chi connectivity index (χ1v) is 6.35. The zero-order chi connectivity index (χ0) is 14.3. The molecule has 0 aliphatic rings. The van der Waals surface area contributed by atoms with Gasteiger partial charge in [0.05, 0.1) is 19.8 Å². The smallest absolute Gasteiger partial charge is 0.255 e. The number of hydrogen-bond acceptors (Lipinski definition) is 4. The third-order valence-electron chi connectivity index (χ3n) is 2.67. The van der Waals surface area contributed by atoms with Crippen LogP contribution in [0.15, 0.2) is 12.1 Å². The number of nitrogens with zero attached hydrogens (tertiary/aromatic N) is 2. The van der Waals surface area contributed by atoms with Gasteiger partial charge in [-0.3, -0.25) is 0 Å². The van der Waals surface area contributed by atoms with Crippen molar-refractivity contribution in [1.82, 2.24) is 4.98 Å². The molecule has 1 aromatic heterocycles. The summed E-state index contributed by atoms with van der Waals surface area (Å²) >= 11 is 0. The lowest BCUT2D eigenvalue weighted by atomic mass is 10.1. The largest absolute Gasteiger partial charge is 0.395 e. The SMILES string of the molecule is CCCc1cc(CO)cc(N(CCO)CC(F)F)n1. The summed E-state index contributed by atoms with van der Waals surface area (Å²) in [4.78, 5) is 5.65. The highest BCUT2D eigenvalue weighted by Crippen LogP contribution is 2.17. The Morgan fingerprint density at radius 2 is 2.05 bits per heavy atom. The van der Waals surface area contributed by atoms with Gasteiger partial charge >= 0.3 is 0 Å². The summed E-state index contributed by atoms with van der Waals surface area (Å²) < 4.78 is 25.0. The van der Waals surface area contributed by atoms with Gasteiger partial charge in [0.1, 0.15) is 5.82 Å². The Morgan fingerprint density at radius 3 is 2.58 bits per heavy atom. The highest BCUT2D eigenvalue weighted by atomic mass is 19.3. The van der Waals surface area contributed by atoms with Gasteiger partial charge in [-0.1, -0.05) is 13.3 Å².